The van der Waals surface area contributed by atoms with E-state index in [1.165, 1.54) is 32.2 Å². The maximum atomic E-state index is 5.46. The second kappa shape index (κ2) is 8.90. The highest BCUT2D eigenvalue weighted by atomic mass is 16.5. The molecular weight excluding hydrogens is 240 g/mol. The normalized spacial score (nSPS) is 24.5. The van der Waals surface area contributed by atoms with Crippen LogP contribution in [-0.2, 0) is 9.47 Å². The van der Waals surface area contributed by atoms with Crippen LogP contribution in [0.1, 0.15) is 32.6 Å². The summed E-state index contributed by atoms with van der Waals surface area (Å²) in [6.45, 7) is 11.7. The molecule has 4 heteroatoms. The van der Waals surface area contributed by atoms with Gasteiger partial charge in [-0.05, 0) is 25.8 Å². The number of ether oxygens (including phenoxy) is 2. The van der Waals surface area contributed by atoms with E-state index in [0.29, 0.717) is 0 Å². The molecule has 112 valence electrons. The van der Waals surface area contributed by atoms with Crippen molar-refractivity contribution in [2.75, 3.05) is 59.2 Å². The zero-order valence-electron chi connectivity index (χ0n) is 12.5. The van der Waals surface area contributed by atoms with E-state index in [0.717, 1.165) is 58.6 Å². The molecule has 0 aromatic carbocycles. The molecule has 0 spiro atoms. The van der Waals surface area contributed by atoms with E-state index in [-0.39, 0.29) is 0 Å². The maximum absolute atomic E-state index is 5.46. The van der Waals surface area contributed by atoms with Gasteiger partial charge in [0.2, 0.25) is 0 Å². The van der Waals surface area contributed by atoms with Crippen LogP contribution in [0, 0.1) is 0 Å². The lowest BCUT2D eigenvalue weighted by atomic mass is 10.0. The van der Waals surface area contributed by atoms with Gasteiger partial charge < -0.3 is 9.47 Å². The van der Waals surface area contributed by atoms with E-state index in [1.807, 2.05) is 0 Å². The van der Waals surface area contributed by atoms with Crippen molar-refractivity contribution < 1.29 is 9.47 Å². The van der Waals surface area contributed by atoms with E-state index in [2.05, 4.69) is 16.7 Å². The minimum atomic E-state index is 0.773. The quantitative estimate of drug-likeness (QED) is 0.701. The molecule has 4 nitrogen and oxygen atoms in total. The Morgan fingerprint density at radius 2 is 1.53 bits per heavy atom. The third-order valence-electron chi connectivity index (χ3n) is 4.30. The van der Waals surface area contributed by atoms with Gasteiger partial charge >= 0.3 is 0 Å². The Bertz CT molecular complexity index is 226. The van der Waals surface area contributed by atoms with Crippen LogP contribution in [0.2, 0.25) is 0 Å². The van der Waals surface area contributed by atoms with Crippen LogP contribution in [0.25, 0.3) is 0 Å². The summed E-state index contributed by atoms with van der Waals surface area (Å²) in [6, 6.07) is 0.773. The van der Waals surface area contributed by atoms with Gasteiger partial charge in [0.15, 0.2) is 0 Å². The predicted molar refractivity (Wildman–Crippen MR) is 77.6 cm³/mol. The molecule has 0 aromatic rings. The highest BCUT2D eigenvalue weighted by molar-refractivity contribution is 4.74. The van der Waals surface area contributed by atoms with E-state index < -0.39 is 0 Å². The molecule has 2 heterocycles. The summed E-state index contributed by atoms with van der Waals surface area (Å²) >= 11 is 0. The zero-order valence-corrected chi connectivity index (χ0v) is 12.5. The lowest BCUT2D eigenvalue weighted by Crippen LogP contribution is -2.44. The van der Waals surface area contributed by atoms with Crippen molar-refractivity contribution in [3.8, 4) is 0 Å². The second-order valence-electron chi connectivity index (χ2n) is 5.69. The van der Waals surface area contributed by atoms with E-state index in [1.54, 1.807) is 0 Å². The SMILES string of the molecule is CCCC(CCCN1CCOCC1)N1CCOCC1. The van der Waals surface area contributed by atoms with Crippen molar-refractivity contribution in [3.63, 3.8) is 0 Å². The topological polar surface area (TPSA) is 24.9 Å². The summed E-state index contributed by atoms with van der Waals surface area (Å²) < 4.78 is 10.9. The number of hydrogen-bond acceptors (Lipinski definition) is 4. The fraction of sp³-hybridized carbons (Fsp3) is 1.00. The monoisotopic (exact) mass is 270 g/mol. The lowest BCUT2D eigenvalue weighted by molar-refractivity contribution is 0.00954. The molecule has 2 saturated heterocycles. The first kappa shape index (κ1) is 15.2. The van der Waals surface area contributed by atoms with Gasteiger partial charge in [-0.3, -0.25) is 9.80 Å². The van der Waals surface area contributed by atoms with Crippen molar-refractivity contribution in [2.45, 2.75) is 38.6 Å². The van der Waals surface area contributed by atoms with Gasteiger partial charge in [0.1, 0.15) is 0 Å². The summed E-state index contributed by atoms with van der Waals surface area (Å²) in [7, 11) is 0. The molecule has 0 radical (unpaired) electrons. The van der Waals surface area contributed by atoms with Crippen molar-refractivity contribution in [3.05, 3.63) is 0 Å². The first-order valence-corrected chi connectivity index (χ1v) is 8.02. The van der Waals surface area contributed by atoms with Gasteiger partial charge in [-0.1, -0.05) is 13.3 Å². The van der Waals surface area contributed by atoms with Gasteiger partial charge in [0, 0.05) is 32.2 Å². The third kappa shape index (κ3) is 5.38. The van der Waals surface area contributed by atoms with Gasteiger partial charge in [0.25, 0.3) is 0 Å². The molecule has 2 aliphatic heterocycles. The number of morpholine rings is 2. The average molecular weight is 270 g/mol. The van der Waals surface area contributed by atoms with Crippen LogP contribution in [0.5, 0.6) is 0 Å². The molecule has 2 rings (SSSR count). The molecule has 0 aromatic heterocycles. The largest absolute Gasteiger partial charge is 0.379 e. The second-order valence-corrected chi connectivity index (χ2v) is 5.69. The van der Waals surface area contributed by atoms with Crippen LogP contribution < -0.4 is 0 Å². The van der Waals surface area contributed by atoms with Crippen LogP contribution in [-0.4, -0.2) is 75.0 Å². The molecule has 0 aliphatic carbocycles. The van der Waals surface area contributed by atoms with Crippen molar-refractivity contribution in [2.24, 2.45) is 0 Å². The van der Waals surface area contributed by atoms with E-state index in [4.69, 9.17) is 9.47 Å². The van der Waals surface area contributed by atoms with Crippen molar-refractivity contribution in [1.29, 1.82) is 0 Å². The molecule has 2 aliphatic rings. The summed E-state index contributed by atoms with van der Waals surface area (Å²) in [6.07, 6.45) is 5.29. The van der Waals surface area contributed by atoms with Crippen LogP contribution in [0.15, 0.2) is 0 Å². The smallest absolute Gasteiger partial charge is 0.0594 e. The molecule has 2 fully saturated rings. The fourth-order valence-corrected chi connectivity index (χ4v) is 3.16. The number of nitrogens with zero attached hydrogens (tertiary/aromatic N) is 2. The minimum Gasteiger partial charge on any atom is -0.379 e. The predicted octanol–water partition coefficient (Wildman–Crippen LogP) is 1.60. The van der Waals surface area contributed by atoms with Crippen molar-refractivity contribution >= 4 is 0 Å². The molecule has 0 bridgehead atoms. The van der Waals surface area contributed by atoms with Crippen molar-refractivity contribution in [1.82, 2.24) is 9.80 Å². The Labute approximate surface area is 118 Å². The summed E-state index contributed by atoms with van der Waals surface area (Å²) in [5, 5.41) is 0. The van der Waals surface area contributed by atoms with Gasteiger partial charge in [0.05, 0.1) is 26.4 Å². The standard InChI is InChI=1S/C15H30N2O2/c1-2-4-15(17-9-13-19-14-10-17)5-3-6-16-7-11-18-12-8-16/h15H,2-14H2,1H3. The van der Waals surface area contributed by atoms with Gasteiger partial charge in [-0.2, -0.15) is 0 Å². The Morgan fingerprint density at radius 1 is 0.895 bits per heavy atom. The number of rotatable bonds is 7. The highest BCUT2D eigenvalue weighted by Crippen LogP contribution is 2.15. The average Bonchev–Trinajstić information content (AvgIpc) is 2.48. The number of hydrogen-bond donors (Lipinski definition) is 0. The van der Waals surface area contributed by atoms with Crippen LogP contribution in [0.3, 0.4) is 0 Å². The Balaban J connectivity index is 1.66. The fourth-order valence-electron chi connectivity index (χ4n) is 3.16. The molecule has 0 N–H and O–H groups in total. The van der Waals surface area contributed by atoms with Gasteiger partial charge in [-0.15, -0.1) is 0 Å². The van der Waals surface area contributed by atoms with Crippen LogP contribution in [0.4, 0.5) is 0 Å². The summed E-state index contributed by atoms with van der Waals surface area (Å²) in [4.78, 5) is 5.19. The molecule has 19 heavy (non-hydrogen) atoms. The summed E-state index contributed by atoms with van der Waals surface area (Å²) in [5.41, 5.74) is 0. The first-order chi connectivity index (χ1) is 9.40. The Hall–Kier alpha value is -0.160. The maximum Gasteiger partial charge on any atom is 0.0594 e. The Morgan fingerprint density at radius 3 is 2.16 bits per heavy atom. The van der Waals surface area contributed by atoms with E-state index >= 15 is 0 Å². The summed E-state index contributed by atoms with van der Waals surface area (Å²) in [5.74, 6) is 0. The highest BCUT2D eigenvalue weighted by Gasteiger charge is 2.20. The van der Waals surface area contributed by atoms with Crippen LogP contribution >= 0.6 is 0 Å². The molecule has 0 saturated carbocycles. The Kier molecular flexibility index (Phi) is 7.14. The minimum absolute atomic E-state index is 0.773. The molecule has 0 amide bonds. The molecule has 1 unspecified atom stereocenters. The molecule has 1 atom stereocenters. The lowest BCUT2D eigenvalue weighted by Gasteiger charge is -2.35. The van der Waals surface area contributed by atoms with Gasteiger partial charge in [-0.25, -0.2) is 0 Å². The molecular formula is C15H30N2O2. The zero-order chi connectivity index (χ0) is 13.3. The first-order valence-electron chi connectivity index (χ1n) is 8.02. The van der Waals surface area contributed by atoms with E-state index in [9.17, 15) is 0 Å². The third-order valence-corrected chi connectivity index (χ3v) is 4.30.